The molecule has 0 radical (unpaired) electrons. The predicted molar refractivity (Wildman–Crippen MR) is 81.8 cm³/mol. The van der Waals surface area contributed by atoms with Crippen LogP contribution in [-0.4, -0.2) is 30.3 Å². The Morgan fingerprint density at radius 2 is 1.71 bits per heavy atom. The van der Waals surface area contributed by atoms with Crippen LogP contribution >= 0.6 is 0 Å². The molecule has 0 amide bonds. The Morgan fingerprint density at radius 3 is 2.43 bits per heavy atom. The highest BCUT2D eigenvalue weighted by Gasteiger charge is 2.19. The first-order valence-electron chi connectivity index (χ1n) is 7.34. The Bertz CT molecular complexity index is 633. The standard InChI is InChI=1S/C18H18FNO/c19-17-9-8-15(14-6-2-1-3-7-14)12-16(17)18(21)13-20-10-4-5-11-20/h1-3,6-9,12H,4-5,10-11,13H2. The second-order valence-electron chi connectivity index (χ2n) is 5.47. The molecular weight excluding hydrogens is 265 g/mol. The average Bonchev–Trinajstić information content (AvgIpc) is 3.01. The van der Waals surface area contributed by atoms with Gasteiger partial charge < -0.3 is 0 Å². The quantitative estimate of drug-likeness (QED) is 0.796. The second-order valence-corrected chi connectivity index (χ2v) is 5.47. The van der Waals surface area contributed by atoms with Crippen LogP contribution in [0.5, 0.6) is 0 Å². The fourth-order valence-corrected chi connectivity index (χ4v) is 2.78. The molecule has 21 heavy (non-hydrogen) atoms. The van der Waals surface area contributed by atoms with Gasteiger partial charge in [0.1, 0.15) is 5.82 Å². The molecule has 0 spiro atoms. The first-order chi connectivity index (χ1) is 10.2. The number of carbonyl (C=O) groups excluding carboxylic acids is 1. The molecule has 1 fully saturated rings. The van der Waals surface area contributed by atoms with Crippen LogP contribution in [0.2, 0.25) is 0 Å². The zero-order valence-electron chi connectivity index (χ0n) is 11.9. The number of likely N-dealkylation sites (tertiary alicyclic amines) is 1. The summed E-state index contributed by atoms with van der Waals surface area (Å²) in [5.74, 6) is -0.564. The van der Waals surface area contributed by atoms with Gasteiger partial charge >= 0.3 is 0 Å². The molecule has 1 saturated heterocycles. The lowest BCUT2D eigenvalue weighted by Gasteiger charge is -2.14. The maximum Gasteiger partial charge on any atom is 0.179 e. The number of carbonyl (C=O) groups is 1. The van der Waals surface area contributed by atoms with Crippen molar-refractivity contribution in [2.45, 2.75) is 12.8 Å². The molecule has 108 valence electrons. The summed E-state index contributed by atoms with van der Waals surface area (Å²) >= 11 is 0. The highest BCUT2D eigenvalue weighted by atomic mass is 19.1. The zero-order chi connectivity index (χ0) is 14.7. The number of rotatable bonds is 4. The van der Waals surface area contributed by atoms with Gasteiger partial charge in [0.25, 0.3) is 0 Å². The van der Waals surface area contributed by atoms with Gasteiger partial charge in [0.15, 0.2) is 5.78 Å². The van der Waals surface area contributed by atoms with Gasteiger partial charge in [-0.25, -0.2) is 4.39 Å². The Hall–Kier alpha value is -2.00. The molecule has 1 heterocycles. The van der Waals surface area contributed by atoms with E-state index in [4.69, 9.17) is 0 Å². The molecule has 0 unspecified atom stereocenters. The van der Waals surface area contributed by atoms with E-state index in [2.05, 4.69) is 4.90 Å². The van der Waals surface area contributed by atoms with Gasteiger partial charge in [-0.3, -0.25) is 9.69 Å². The summed E-state index contributed by atoms with van der Waals surface area (Å²) in [6.45, 7) is 2.19. The summed E-state index contributed by atoms with van der Waals surface area (Å²) in [5.41, 5.74) is 2.07. The fraction of sp³-hybridized carbons (Fsp3) is 0.278. The Balaban J connectivity index is 1.85. The third-order valence-electron chi connectivity index (χ3n) is 3.94. The largest absolute Gasteiger partial charge is 0.296 e. The zero-order valence-corrected chi connectivity index (χ0v) is 11.9. The van der Waals surface area contributed by atoms with Crippen LogP contribution < -0.4 is 0 Å². The van der Waals surface area contributed by atoms with Crippen LogP contribution in [0.1, 0.15) is 23.2 Å². The first-order valence-corrected chi connectivity index (χ1v) is 7.34. The SMILES string of the molecule is O=C(CN1CCCC1)c1cc(-c2ccccc2)ccc1F. The summed E-state index contributed by atoms with van der Waals surface area (Å²) in [4.78, 5) is 14.4. The molecule has 1 aliphatic rings. The smallest absolute Gasteiger partial charge is 0.179 e. The highest BCUT2D eigenvalue weighted by molar-refractivity contribution is 5.99. The van der Waals surface area contributed by atoms with E-state index < -0.39 is 5.82 Å². The van der Waals surface area contributed by atoms with E-state index in [0.29, 0.717) is 6.54 Å². The van der Waals surface area contributed by atoms with Crippen molar-refractivity contribution in [3.8, 4) is 11.1 Å². The van der Waals surface area contributed by atoms with Crippen molar-refractivity contribution in [1.29, 1.82) is 0 Å². The summed E-state index contributed by atoms with van der Waals surface area (Å²) in [5, 5.41) is 0. The van der Waals surface area contributed by atoms with Crippen LogP contribution in [0.4, 0.5) is 4.39 Å². The van der Waals surface area contributed by atoms with E-state index in [1.165, 1.54) is 6.07 Å². The third kappa shape index (κ3) is 3.19. The minimum absolute atomic E-state index is 0.132. The van der Waals surface area contributed by atoms with Gasteiger partial charge in [-0.15, -0.1) is 0 Å². The molecule has 2 aromatic rings. The molecular formula is C18H18FNO. The second kappa shape index (κ2) is 6.19. The number of hydrogen-bond donors (Lipinski definition) is 0. The molecule has 2 aromatic carbocycles. The lowest BCUT2D eigenvalue weighted by molar-refractivity contribution is 0.0941. The molecule has 0 aromatic heterocycles. The van der Waals surface area contributed by atoms with Gasteiger partial charge in [0.05, 0.1) is 12.1 Å². The van der Waals surface area contributed by atoms with Crippen molar-refractivity contribution in [3.05, 3.63) is 59.9 Å². The number of ketones is 1. The molecule has 0 atom stereocenters. The fourth-order valence-electron chi connectivity index (χ4n) is 2.78. The van der Waals surface area contributed by atoms with E-state index >= 15 is 0 Å². The van der Waals surface area contributed by atoms with Crippen LogP contribution in [0, 0.1) is 5.82 Å². The number of nitrogens with zero attached hydrogens (tertiary/aromatic N) is 1. The summed E-state index contributed by atoms with van der Waals surface area (Å²) < 4.78 is 14.0. The van der Waals surface area contributed by atoms with Crippen molar-refractivity contribution in [2.24, 2.45) is 0 Å². The molecule has 0 aliphatic carbocycles. The van der Waals surface area contributed by atoms with E-state index in [-0.39, 0.29) is 11.3 Å². The highest BCUT2D eigenvalue weighted by Crippen LogP contribution is 2.22. The Labute approximate surface area is 124 Å². The van der Waals surface area contributed by atoms with Gasteiger partial charge in [-0.2, -0.15) is 0 Å². The van der Waals surface area contributed by atoms with E-state index in [1.54, 1.807) is 12.1 Å². The minimum Gasteiger partial charge on any atom is -0.296 e. The summed E-state index contributed by atoms with van der Waals surface area (Å²) in [7, 11) is 0. The number of hydrogen-bond acceptors (Lipinski definition) is 2. The van der Waals surface area contributed by atoms with Crippen molar-refractivity contribution >= 4 is 5.78 Å². The lowest BCUT2D eigenvalue weighted by atomic mass is 10.0. The van der Waals surface area contributed by atoms with Crippen LogP contribution in [0.25, 0.3) is 11.1 Å². The molecule has 3 rings (SSSR count). The van der Waals surface area contributed by atoms with Crippen molar-refractivity contribution in [1.82, 2.24) is 4.90 Å². The van der Waals surface area contributed by atoms with Crippen LogP contribution in [0.15, 0.2) is 48.5 Å². The first kappa shape index (κ1) is 14.0. The summed E-state index contributed by atoms with van der Waals surface area (Å²) in [6, 6.07) is 14.5. The number of halogens is 1. The van der Waals surface area contributed by atoms with E-state index in [0.717, 1.165) is 37.1 Å². The average molecular weight is 283 g/mol. The number of benzene rings is 2. The molecule has 0 bridgehead atoms. The van der Waals surface area contributed by atoms with E-state index in [1.807, 2.05) is 30.3 Å². The Morgan fingerprint density at radius 1 is 1.00 bits per heavy atom. The number of Topliss-reactive ketones (excluding diaryl/α,β-unsaturated/α-hetero) is 1. The maximum absolute atomic E-state index is 14.0. The van der Waals surface area contributed by atoms with Gasteiger partial charge in [-0.05, 0) is 49.2 Å². The molecule has 3 heteroatoms. The van der Waals surface area contributed by atoms with E-state index in [9.17, 15) is 9.18 Å². The molecule has 2 nitrogen and oxygen atoms in total. The monoisotopic (exact) mass is 283 g/mol. The lowest BCUT2D eigenvalue weighted by Crippen LogP contribution is -2.27. The Kier molecular flexibility index (Phi) is 4.11. The third-order valence-corrected chi connectivity index (χ3v) is 3.94. The van der Waals surface area contributed by atoms with Crippen molar-refractivity contribution in [3.63, 3.8) is 0 Å². The van der Waals surface area contributed by atoms with Gasteiger partial charge in [0.2, 0.25) is 0 Å². The topological polar surface area (TPSA) is 20.3 Å². The van der Waals surface area contributed by atoms with Crippen LogP contribution in [0.3, 0.4) is 0 Å². The normalized spacial score (nSPS) is 15.3. The summed E-state index contributed by atoms with van der Waals surface area (Å²) in [6.07, 6.45) is 2.25. The molecule has 0 saturated carbocycles. The molecule has 1 aliphatic heterocycles. The minimum atomic E-state index is -0.432. The molecule has 0 N–H and O–H groups in total. The maximum atomic E-state index is 14.0. The van der Waals surface area contributed by atoms with Crippen LogP contribution in [-0.2, 0) is 0 Å². The van der Waals surface area contributed by atoms with Crippen molar-refractivity contribution in [2.75, 3.05) is 19.6 Å². The predicted octanol–water partition coefficient (Wildman–Crippen LogP) is 3.77. The van der Waals surface area contributed by atoms with Crippen molar-refractivity contribution < 1.29 is 9.18 Å². The van der Waals surface area contributed by atoms with Gasteiger partial charge in [-0.1, -0.05) is 36.4 Å². The van der Waals surface area contributed by atoms with Gasteiger partial charge in [0, 0.05) is 0 Å².